The van der Waals surface area contributed by atoms with Gasteiger partial charge in [-0.05, 0) is 66.7 Å². The molecular formula is C26H24ClN3O7S. The SMILES string of the molecule is C=CCN(c1ccc(OC)cc1)S(=O)(=O)c1ccc(Cl)c(C(=O)OCC(=O)Nc2ccc(C(N)=O)cc2)c1. The molecule has 12 heteroatoms. The maximum atomic E-state index is 13.5. The van der Waals surface area contributed by atoms with Gasteiger partial charge in [-0.15, -0.1) is 6.58 Å². The molecular weight excluding hydrogens is 534 g/mol. The molecule has 3 rings (SSSR count). The molecule has 10 nitrogen and oxygen atoms in total. The quantitative estimate of drug-likeness (QED) is 0.270. The third kappa shape index (κ3) is 6.69. The summed E-state index contributed by atoms with van der Waals surface area (Å²) in [4.78, 5) is 35.8. The van der Waals surface area contributed by atoms with E-state index in [0.717, 1.165) is 10.4 Å². The number of sulfonamides is 1. The van der Waals surface area contributed by atoms with Gasteiger partial charge in [0.2, 0.25) is 5.91 Å². The molecule has 0 aromatic heterocycles. The highest BCUT2D eigenvalue weighted by molar-refractivity contribution is 7.92. The molecule has 2 amide bonds. The zero-order chi connectivity index (χ0) is 27.9. The van der Waals surface area contributed by atoms with Crippen LogP contribution in [0.5, 0.6) is 5.75 Å². The number of hydrogen-bond acceptors (Lipinski definition) is 7. The van der Waals surface area contributed by atoms with Crippen LogP contribution in [0.3, 0.4) is 0 Å². The first-order valence-electron chi connectivity index (χ1n) is 11.0. The minimum Gasteiger partial charge on any atom is -0.497 e. The van der Waals surface area contributed by atoms with Crippen molar-refractivity contribution in [2.75, 3.05) is 29.9 Å². The first-order chi connectivity index (χ1) is 18.1. The minimum atomic E-state index is -4.15. The van der Waals surface area contributed by atoms with Crippen LogP contribution in [-0.2, 0) is 19.6 Å². The van der Waals surface area contributed by atoms with E-state index < -0.39 is 34.4 Å². The van der Waals surface area contributed by atoms with Crippen LogP contribution in [0, 0.1) is 0 Å². The number of rotatable bonds is 11. The fourth-order valence-electron chi connectivity index (χ4n) is 3.28. The minimum absolute atomic E-state index is 0.0440. The third-order valence-corrected chi connectivity index (χ3v) is 7.31. The van der Waals surface area contributed by atoms with E-state index in [2.05, 4.69) is 11.9 Å². The lowest BCUT2D eigenvalue weighted by Crippen LogP contribution is -2.31. The number of nitrogens with one attached hydrogen (secondary N) is 1. The largest absolute Gasteiger partial charge is 0.497 e. The molecule has 0 aliphatic heterocycles. The smallest absolute Gasteiger partial charge is 0.340 e. The number of hydrogen-bond donors (Lipinski definition) is 2. The van der Waals surface area contributed by atoms with Crippen molar-refractivity contribution in [1.29, 1.82) is 0 Å². The molecule has 38 heavy (non-hydrogen) atoms. The first kappa shape index (κ1) is 28.2. The van der Waals surface area contributed by atoms with Gasteiger partial charge in [-0.25, -0.2) is 13.2 Å². The van der Waals surface area contributed by atoms with E-state index in [1.165, 1.54) is 49.6 Å². The average Bonchev–Trinajstić information content (AvgIpc) is 2.90. The molecule has 0 saturated heterocycles. The van der Waals surface area contributed by atoms with Crippen molar-refractivity contribution in [2.24, 2.45) is 5.73 Å². The van der Waals surface area contributed by atoms with Crippen molar-refractivity contribution < 1.29 is 32.3 Å². The lowest BCUT2D eigenvalue weighted by molar-refractivity contribution is -0.119. The van der Waals surface area contributed by atoms with E-state index in [9.17, 15) is 22.8 Å². The number of anilines is 2. The summed E-state index contributed by atoms with van der Waals surface area (Å²) in [6, 6.07) is 15.8. The molecule has 3 aromatic carbocycles. The van der Waals surface area contributed by atoms with E-state index in [0.29, 0.717) is 17.1 Å². The van der Waals surface area contributed by atoms with Crippen LogP contribution in [0.15, 0.2) is 84.3 Å². The lowest BCUT2D eigenvalue weighted by atomic mass is 10.2. The van der Waals surface area contributed by atoms with E-state index >= 15 is 0 Å². The molecule has 0 heterocycles. The van der Waals surface area contributed by atoms with Crippen molar-refractivity contribution in [2.45, 2.75) is 4.90 Å². The molecule has 0 radical (unpaired) electrons. The van der Waals surface area contributed by atoms with Gasteiger partial charge in [-0.3, -0.25) is 13.9 Å². The highest BCUT2D eigenvalue weighted by Gasteiger charge is 2.26. The van der Waals surface area contributed by atoms with Gasteiger partial charge >= 0.3 is 5.97 Å². The average molecular weight is 558 g/mol. The van der Waals surface area contributed by atoms with Gasteiger partial charge in [0.05, 0.1) is 34.8 Å². The Labute approximate surface area is 224 Å². The molecule has 3 aromatic rings. The van der Waals surface area contributed by atoms with Crippen LogP contribution in [0.4, 0.5) is 11.4 Å². The Morgan fingerprint density at radius 3 is 2.29 bits per heavy atom. The van der Waals surface area contributed by atoms with E-state index in [1.54, 1.807) is 24.3 Å². The van der Waals surface area contributed by atoms with E-state index in [-0.39, 0.29) is 27.6 Å². The van der Waals surface area contributed by atoms with Gasteiger partial charge in [-0.2, -0.15) is 0 Å². The number of nitrogens with zero attached hydrogens (tertiary/aromatic N) is 1. The predicted octanol–water partition coefficient (Wildman–Crippen LogP) is 3.62. The van der Waals surface area contributed by atoms with Crippen LogP contribution in [-0.4, -0.2) is 46.5 Å². The first-order valence-corrected chi connectivity index (χ1v) is 12.8. The Balaban J connectivity index is 1.76. The summed E-state index contributed by atoms with van der Waals surface area (Å²) >= 11 is 6.14. The standard InChI is InChI=1S/C26H24ClN3O7S/c1-3-14-30(19-8-10-20(36-2)11-9-19)38(34,35)21-12-13-23(27)22(15-21)26(33)37-16-24(31)29-18-6-4-17(5-7-18)25(28)32/h3-13,15H,1,14,16H2,2H3,(H2,28,32)(H,29,31). The van der Waals surface area contributed by atoms with E-state index in [1.807, 2.05) is 0 Å². The van der Waals surface area contributed by atoms with Crippen LogP contribution in [0.25, 0.3) is 0 Å². The monoisotopic (exact) mass is 557 g/mol. The fraction of sp³-hybridized carbons (Fsp3) is 0.115. The number of methoxy groups -OCH3 is 1. The Morgan fingerprint density at radius 1 is 1.05 bits per heavy atom. The summed E-state index contributed by atoms with van der Waals surface area (Å²) in [5.74, 6) is -1.73. The number of halogens is 1. The molecule has 0 aliphatic carbocycles. The Hall–Kier alpha value is -4.35. The highest BCUT2D eigenvalue weighted by Crippen LogP contribution is 2.28. The lowest BCUT2D eigenvalue weighted by Gasteiger charge is -2.23. The molecule has 0 fully saturated rings. The van der Waals surface area contributed by atoms with Gasteiger partial charge in [0.1, 0.15) is 5.75 Å². The summed E-state index contributed by atoms with van der Waals surface area (Å²) in [6.45, 7) is 2.91. The normalized spacial score (nSPS) is 10.8. The van der Waals surface area contributed by atoms with Gasteiger partial charge in [0.15, 0.2) is 6.61 Å². The van der Waals surface area contributed by atoms with Crippen LogP contribution in [0.2, 0.25) is 5.02 Å². The predicted molar refractivity (Wildman–Crippen MR) is 143 cm³/mol. The maximum absolute atomic E-state index is 13.5. The highest BCUT2D eigenvalue weighted by atomic mass is 35.5. The van der Waals surface area contributed by atoms with Gasteiger partial charge in [0, 0.05) is 11.3 Å². The fourth-order valence-corrected chi connectivity index (χ4v) is 4.94. The number of nitrogens with two attached hydrogens (primary N) is 1. The summed E-state index contributed by atoms with van der Waals surface area (Å²) in [5.41, 5.74) is 5.91. The number of primary amides is 1. The van der Waals surface area contributed by atoms with E-state index in [4.69, 9.17) is 26.8 Å². The number of esters is 1. The Morgan fingerprint density at radius 2 is 1.71 bits per heavy atom. The third-order valence-electron chi connectivity index (χ3n) is 5.19. The van der Waals surface area contributed by atoms with Gasteiger partial charge in [-0.1, -0.05) is 17.7 Å². The Bertz CT molecular complexity index is 1460. The number of carbonyl (C=O) groups is 3. The van der Waals surface area contributed by atoms with Crippen LogP contribution >= 0.6 is 11.6 Å². The number of ether oxygens (including phenoxy) is 2. The molecule has 0 saturated carbocycles. The topological polar surface area (TPSA) is 145 Å². The van der Waals surface area contributed by atoms with Crippen molar-refractivity contribution in [3.05, 3.63) is 95.5 Å². The van der Waals surface area contributed by atoms with Crippen molar-refractivity contribution in [3.63, 3.8) is 0 Å². The molecule has 0 unspecified atom stereocenters. The van der Waals surface area contributed by atoms with Crippen molar-refractivity contribution in [3.8, 4) is 5.75 Å². The number of amides is 2. The summed E-state index contributed by atoms with van der Waals surface area (Å²) in [5, 5.41) is 2.44. The van der Waals surface area contributed by atoms with Gasteiger partial charge in [0.25, 0.3) is 15.9 Å². The summed E-state index contributed by atoms with van der Waals surface area (Å²) in [7, 11) is -2.65. The zero-order valence-electron chi connectivity index (χ0n) is 20.2. The second kappa shape index (κ2) is 12.3. The van der Waals surface area contributed by atoms with Crippen LogP contribution in [0.1, 0.15) is 20.7 Å². The maximum Gasteiger partial charge on any atom is 0.340 e. The summed E-state index contributed by atoms with van der Waals surface area (Å²) < 4.78 is 38.2. The second-order valence-electron chi connectivity index (χ2n) is 7.73. The molecule has 0 aliphatic rings. The summed E-state index contributed by atoms with van der Waals surface area (Å²) in [6.07, 6.45) is 1.42. The van der Waals surface area contributed by atoms with Crippen molar-refractivity contribution >= 4 is 50.8 Å². The van der Waals surface area contributed by atoms with Gasteiger partial charge < -0.3 is 20.5 Å². The Kier molecular flexibility index (Phi) is 9.11. The zero-order valence-corrected chi connectivity index (χ0v) is 21.8. The van der Waals surface area contributed by atoms with Crippen LogP contribution < -0.4 is 20.1 Å². The molecule has 198 valence electrons. The molecule has 0 spiro atoms. The molecule has 3 N–H and O–H groups in total. The molecule has 0 bridgehead atoms. The second-order valence-corrected chi connectivity index (χ2v) is 10.00. The molecule has 0 atom stereocenters. The van der Waals surface area contributed by atoms with Crippen molar-refractivity contribution in [1.82, 2.24) is 0 Å². The number of carbonyl (C=O) groups excluding carboxylic acids is 3. The number of benzene rings is 3.